The van der Waals surface area contributed by atoms with Crippen molar-refractivity contribution in [2.45, 2.75) is 38.6 Å². The molecule has 0 bridgehead atoms. The average molecular weight is 393 g/mol. The number of nitrogens with zero attached hydrogens (tertiary/aromatic N) is 2. The van der Waals surface area contributed by atoms with E-state index in [1.807, 2.05) is 13.8 Å². The Balaban J connectivity index is 2.41. The van der Waals surface area contributed by atoms with Crippen LogP contribution in [0.3, 0.4) is 0 Å². The first-order valence-electron chi connectivity index (χ1n) is 7.00. The van der Waals surface area contributed by atoms with Gasteiger partial charge in [-0.15, -0.1) is 0 Å². The summed E-state index contributed by atoms with van der Waals surface area (Å²) < 4.78 is 40.5. The van der Waals surface area contributed by atoms with Gasteiger partial charge in [-0.05, 0) is 30.5 Å². The van der Waals surface area contributed by atoms with Crippen LogP contribution in [-0.4, -0.2) is 33.6 Å². The molecule has 1 aromatic rings. The van der Waals surface area contributed by atoms with Crippen molar-refractivity contribution >= 4 is 27.5 Å². The van der Waals surface area contributed by atoms with Crippen LogP contribution in [0.2, 0.25) is 0 Å². The third-order valence-electron chi connectivity index (χ3n) is 3.40. The van der Waals surface area contributed by atoms with Crippen LogP contribution in [0, 0.1) is 5.92 Å². The molecule has 1 atom stereocenters. The number of benzene rings is 1. The quantitative estimate of drug-likeness (QED) is 0.846. The summed E-state index contributed by atoms with van der Waals surface area (Å²) in [6.07, 6.45) is -5.45. The van der Waals surface area contributed by atoms with E-state index in [0.29, 0.717) is 4.47 Å². The van der Waals surface area contributed by atoms with E-state index in [1.165, 1.54) is 18.2 Å². The predicted octanol–water partition coefficient (Wildman–Crippen LogP) is 3.95. The minimum absolute atomic E-state index is 0.0107. The lowest BCUT2D eigenvalue weighted by Crippen LogP contribution is -2.56. The molecular formula is C15H16BrF3N2O2. The van der Waals surface area contributed by atoms with Gasteiger partial charge in [-0.2, -0.15) is 23.3 Å². The maximum atomic E-state index is 13.3. The van der Waals surface area contributed by atoms with Crippen LogP contribution < -0.4 is 0 Å². The van der Waals surface area contributed by atoms with Gasteiger partial charge in [0.2, 0.25) is 0 Å². The van der Waals surface area contributed by atoms with Gasteiger partial charge >= 0.3 is 6.18 Å². The van der Waals surface area contributed by atoms with Crippen LogP contribution >= 0.6 is 15.9 Å². The van der Waals surface area contributed by atoms with E-state index in [2.05, 4.69) is 21.0 Å². The molecule has 1 aliphatic rings. The van der Waals surface area contributed by atoms with Crippen molar-refractivity contribution in [1.29, 1.82) is 0 Å². The van der Waals surface area contributed by atoms with Crippen LogP contribution in [-0.2, 0) is 0 Å². The van der Waals surface area contributed by atoms with Crippen molar-refractivity contribution in [2.75, 3.05) is 0 Å². The summed E-state index contributed by atoms with van der Waals surface area (Å²) in [6, 6.07) is 5.93. The second kappa shape index (κ2) is 6.24. The summed E-state index contributed by atoms with van der Waals surface area (Å²) in [5.41, 5.74) is -3.14. The van der Waals surface area contributed by atoms with Gasteiger partial charge in [0.15, 0.2) is 0 Å². The molecule has 4 nitrogen and oxygen atoms in total. The molecule has 1 heterocycles. The average Bonchev–Trinajstić information content (AvgIpc) is 2.74. The lowest BCUT2D eigenvalue weighted by Gasteiger charge is -2.32. The molecule has 2 rings (SSSR count). The van der Waals surface area contributed by atoms with Gasteiger partial charge in [0, 0.05) is 22.2 Å². The van der Waals surface area contributed by atoms with Gasteiger partial charge in [0.05, 0.1) is 0 Å². The first kappa shape index (κ1) is 17.9. The third kappa shape index (κ3) is 3.58. The summed E-state index contributed by atoms with van der Waals surface area (Å²) >= 11 is 3.16. The summed E-state index contributed by atoms with van der Waals surface area (Å²) in [6.45, 7) is 3.65. The number of halogens is 4. The molecule has 0 saturated heterocycles. The second-order valence-electron chi connectivity index (χ2n) is 5.88. The number of carbonyl (C=O) groups is 1. The molecule has 1 amide bonds. The van der Waals surface area contributed by atoms with Crippen LogP contribution in [0.5, 0.6) is 0 Å². The SMILES string of the molecule is CC(C)CC1=NN(C(=O)c2cccc(Br)c2)C(O)(C(F)(F)F)C1. The second-order valence-corrected chi connectivity index (χ2v) is 6.80. The van der Waals surface area contributed by atoms with Crippen molar-refractivity contribution in [1.82, 2.24) is 5.01 Å². The van der Waals surface area contributed by atoms with Gasteiger partial charge in [-0.25, -0.2) is 0 Å². The smallest absolute Gasteiger partial charge is 0.362 e. The Morgan fingerprint density at radius 2 is 2.13 bits per heavy atom. The topological polar surface area (TPSA) is 52.9 Å². The molecule has 0 aliphatic carbocycles. The maximum Gasteiger partial charge on any atom is 0.438 e. The predicted molar refractivity (Wildman–Crippen MR) is 82.8 cm³/mol. The monoisotopic (exact) mass is 392 g/mol. The molecule has 0 saturated carbocycles. The highest BCUT2D eigenvalue weighted by Crippen LogP contribution is 2.41. The van der Waals surface area contributed by atoms with E-state index in [1.54, 1.807) is 6.07 Å². The standard InChI is InChI=1S/C15H16BrF3N2O2/c1-9(2)6-12-8-14(23,15(17,18)19)21(20-12)13(22)10-4-3-5-11(16)7-10/h3-5,7,9,23H,6,8H2,1-2H3. The number of alkyl halides is 3. The number of hydrazone groups is 1. The van der Waals surface area contributed by atoms with E-state index >= 15 is 0 Å². The van der Waals surface area contributed by atoms with E-state index in [9.17, 15) is 23.1 Å². The Hall–Kier alpha value is -1.41. The van der Waals surface area contributed by atoms with Crippen molar-refractivity contribution in [2.24, 2.45) is 11.0 Å². The Labute approximate surface area is 140 Å². The number of amides is 1. The van der Waals surface area contributed by atoms with Crippen molar-refractivity contribution in [3.8, 4) is 0 Å². The normalized spacial score (nSPS) is 21.7. The van der Waals surface area contributed by atoms with Crippen molar-refractivity contribution in [3.63, 3.8) is 0 Å². The molecule has 1 unspecified atom stereocenters. The van der Waals surface area contributed by atoms with Crippen molar-refractivity contribution < 1.29 is 23.1 Å². The highest BCUT2D eigenvalue weighted by atomic mass is 79.9. The minimum Gasteiger partial charge on any atom is -0.362 e. The zero-order valence-electron chi connectivity index (χ0n) is 12.6. The molecule has 8 heteroatoms. The Bertz CT molecular complexity index is 646. The fourth-order valence-corrected chi connectivity index (χ4v) is 2.78. The molecular weight excluding hydrogens is 377 g/mol. The largest absolute Gasteiger partial charge is 0.438 e. The van der Waals surface area contributed by atoms with Gasteiger partial charge in [-0.3, -0.25) is 4.79 Å². The lowest BCUT2D eigenvalue weighted by atomic mass is 9.99. The van der Waals surface area contributed by atoms with Gasteiger partial charge in [0.25, 0.3) is 11.6 Å². The van der Waals surface area contributed by atoms with Gasteiger partial charge < -0.3 is 5.11 Å². The van der Waals surface area contributed by atoms with Gasteiger partial charge in [-0.1, -0.05) is 35.8 Å². The van der Waals surface area contributed by atoms with E-state index in [-0.39, 0.29) is 28.6 Å². The summed E-state index contributed by atoms with van der Waals surface area (Å²) in [4.78, 5) is 12.4. The molecule has 1 aliphatic heterocycles. The highest BCUT2D eigenvalue weighted by molar-refractivity contribution is 9.10. The van der Waals surface area contributed by atoms with E-state index in [4.69, 9.17) is 0 Å². The molecule has 126 valence electrons. The Morgan fingerprint density at radius 3 is 2.65 bits per heavy atom. The minimum atomic E-state index is -5.00. The molecule has 0 radical (unpaired) electrons. The van der Waals surface area contributed by atoms with Crippen LogP contribution in [0.4, 0.5) is 13.2 Å². The van der Waals surface area contributed by atoms with Gasteiger partial charge in [0.1, 0.15) is 0 Å². The number of carbonyl (C=O) groups excluding carboxylic acids is 1. The molecule has 23 heavy (non-hydrogen) atoms. The molecule has 1 N–H and O–H groups in total. The number of hydrogen-bond acceptors (Lipinski definition) is 3. The van der Waals surface area contributed by atoms with E-state index in [0.717, 1.165) is 0 Å². The summed E-state index contributed by atoms with van der Waals surface area (Å²) in [5.74, 6) is -0.933. The molecule has 0 fully saturated rings. The van der Waals surface area contributed by atoms with Crippen molar-refractivity contribution in [3.05, 3.63) is 34.3 Å². The zero-order chi connectivity index (χ0) is 17.4. The maximum absolute atomic E-state index is 13.3. The first-order valence-corrected chi connectivity index (χ1v) is 7.79. The molecule has 0 spiro atoms. The zero-order valence-corrected chi connectivity index (χ0v) is 14.1. The molecule has 1 aromatic carbocycles. The lowest BCUT2D eigenvalue weighted by molar-refractivity contribution is -0.297. The Morgan fingerprint density at radius 1 is 1.48 bits per heavy atom. The fourth-order valence-electron chi connectivity index (χ4n) is 2.38. The Kier molecular flexibility index (Phi) is 4.86. The van der Waals surface area contributed by atoms with Crippen LogP contribution in [0.25, 0.3) is 0 Å². The number of hydrogen-bond donors (Lipinski definition) is 1. The molecule has 0 aromatic heterocycles. The highest BCUT2D eigenvalue weighted by Gasteiger charge is 2.63. The summed E-state index contributed by atoms with van der Waals surface area (Å²) in [7, 11) is 0. The number of aliphatic hydroxyl groups is 1. The third-order valence-corrected chi connectivity index (χ3v) is 3.90. The van der Waals surface area contributed by atoms with Crippen LogP contribution in [0.15, 0.2) is 33.8 Å². The van der Waals surface area contributed by atoms with Crippen LogP contribution in [0.1, 0.15) is 37.0 Å². The first-order chi connectivity index (χ1) is 10.5. The fraction of sp³-hybridized carbons (Fsp3) is 0.467. The van der Waals surface area contributed by atoms with E-state index < -0.39 is 24.2 Å². The summed E-state index contributed by atoms with van der Waals surface area (Å²) in [5, 5.41) is 14.1. The number of rotatable bonds is 3.